The summed E-state index contributed by atoms with van der Waals surface area (Å²) in [7, 11) is 0. The van der Waals surface area contributed by atoms with E-state index in [1.54, 1.807) is 12.1 Å². The lowest BCUT2D eigenvalue weighted by Crippen LogP contribution is -2.31. The summed E-state index contributed by atoms with van der Waals surface area (Å²) in [4.78, 5) is 35.2. The van der Waals surface area contributed by atoms with Crippen LogP contribution in [0.3, 0.4) is 0 Å². The van der Waals surface area contributed by atoms with Crippen molar-refractivity contribution in [2.45, 2.75) is 40.2 Å². The number of amides is 2. The fourth-order valence-electron chi connectivity index (χ4n) is 2.89. The van der Waals surface area contributed by atoms with E-state index >= 15 is 0 Å². The lowest BCUT2D eigenvalue weighted by atomic mass is 10.00. The van der Waals surface area contributed by atoms with Crippen LogP contribution in [0, 0.1) is 5.92 Å². The lowest BCUT2D eigenvalue weighted by Gasteiger charge is -2.15. The number of hydrogen-bond donors (Lipinski definition) is 2. The van der Waals surface area contributed by atoms with Gasteiger partial charge in [-0.3, -0.25) is 9.59 Å². The van der Waals surface area contributed by atoms with E-state index in [0.717, 1.165) is 12.0 Å². The first-order valence-corrected chi connectivity index (χ1v) is 9.67. The molecule has 154 valence electrons. The van der Waals surface area contributed by atoms with Crippen LogP contribution in [0.25, 0.3) is 0 Å². The van der Waals surface area contributed by atoms with Crippen LogP contribution in [0.5, 0.6) is 0 Å². The number of carbonyl (C=O) groups excluding carboxylic acids is 3. The molecule has 0 saturated carbocycles. The summed E-state index contributed by atoms with van der Waals surface area (Å²) in [5.41, 5.74) is 3.15. The van der Waals surface area contributed by atoms with E-state index in [1.807, 2.05) is 19.1 Å². The molecule has 0 aliphatic rings. The van der Waals surface area contributed by atoms with Crippen molar-refractivity contribution in [3.05, 3.63) is 65.2 Å². The molecule has 2 N–H and O–H groups in total. The molecule has 6 heteroatoms. The van der Waals surface area contributed by atoms with E-state index in [4.69, 9.17) is 4.74 Å². The summed E-state index contributed by atoms with van der Waals surface area (Å²) in [6.07, 6.45) is 1.02. The zero-order valence-corrected chi connectivity index (χ0v) is 17.3. The minimum absolute atomic E-state index is 0.189. The molecule has 0 spiro atoms. The molecule has 0 aliphatic carbocycles. The zero-order chi connectivity index (χ0) is 21.4. The van der Waals surface area contributed by atoms with Gasteiger partial charge in [0.15, 0.2) is 6.61 Å². The Labute approximate surface area is 171 Å². The quantitative estimate of drug-likeness (QED) is 0.663. The SMILES string of the molecule is CC(=O)Nc1ccc(C(=O)OCC(=O)N[C@H](C)c2ccc(CC(C)C)cc2)cc1. The number of carbonyl (C=O) groups is 3. The van der Waals surface area contributed by atoms with E-state index < -0.39 is 5.97 Å². The predicted octanol–water partition coefficient (Wildman–Crippen LogP) is 3.88. The van der Waals surface area contributed by atoms with Crippen molar-refractivity contribution in [1.29, 1.82) is 0 Å². The van der Waals surface area contributed by atoms with Gasteiger partial charge < -0.3 is 15.4 Å². The van der Waals surface area contributed by atoms with Gasteiger partial charge in [-0.2, -0.15) is 0 Å². The fourth-order valence-corrected chi connectivity index (χ4v) is 2.89. The van der Waals surface area contributed by atoms with Crippen LogP contribution in [-0.4, -0.2) is 24.4 Å². The Bertz CT molecular complexity index is 842. The van der Waals surface area contributed by atoms with Crippen LogP contribution in [0.2, 0.25) is 0 Å². The molecule has 29 heavy (non-hydrogen) atoms. The Balaban J connectivity index is 1.82. The molecule has 2 aromatic rings. The van der Waals surface area contributed by atoms with Crippen molar-refractivity contribution < 1.29 is 19.1 Å². The molecule has 0 heterocycles. The maximum atomic E-state index is 12.1. The van der Waals surface area contributed by atoms with Gasteiger partial charge in [0.2, 0.25) is 5.91 Å². The van der Waals surface area contributed by atoms with Gasteiger partial charge in [0.05, 0.1) is 11.6 Å². The third-order valence-electron chi connectivity index (χ3n) is 4.28. The van der Waals surface area contributed by atoms with Gasteiger partial charge in [0.25, 0.3) is 5.91 Å². The molecule has 2 aromatic carbocycles. The zero-order valence-electron chi connectivity index (χ0n) is 17.3. The second-order valence-corrected chi connectivity index (χ2v) is 7.46. The van der Waals surface area contributed by atoms with Crippen molar-refractivity contribution in [3.8, 4) is 0 Å². The summed E-state index contributed by atoms with van der Waals surface area (Å²) < 4.78 is 5.07. The highest BCUT2D eigenvalue weighted by Gasteiger charge is 2.13. The number of rotatable bonds is 8. The van der Waals surface area contributed by atoms with Gasteiger partial charge in [0.1, 0.15) is 0 Å². The highest BCUT2D eigenvalue weighted by molar-refractivity contribution is 5.93. The molecule has 0 fully saturated rings. The first kappa shape index (κ1) is 22.1. The molecule has 1 atom stereocenters. The number of esters is 1. The average molecular weight is 396 g/mol. The van der Waals surface area contributed by atoms with Crippen LogP contribution in [0.1, 0.15) is 55.2 Å². The van der Waals surface area contributed by atoms with Gasteiger partial charge in [-0.1, -0.05) is 38.1 Å². The molecule has 0 bridgehead atoms. The molecular weight excluding hydrogens is 368 g/mol. The number of anilines is 1. The maximum absolute atomic E-state index is 12.1. The van der Waals surface area contributed by atoms with Crippen LogP contribution in [-0.2, 0) is 20.7 Å². The second-order valence-electron chi connectivity index (χ2n) is 7.46. The summed E-state index contributed by atoms with van der Waals surface area (Å²) in [6, 6.07) is 14.2. The summed E-state index contributed by atoms with van der Waals surface area (Å²) >= 11 is 0. The smallest absolute Gasteiger partial charge is 0.338 e. The average Bonchev–Trinajstić information content (AvgIpc) is 2.66. The molecule has 6 nitrogen and oxygen atoms in total. The number of nitrogens with one attached hydrogen (secondary N) is 2. The number of hydrogen-bond acceptors (Lipinski definition) is 4. The third kappa shape index (κ3) is 7.41. The van der Waals surface area contributed by atoms with Crippen LogP contribution in [0.15, 0.2) is 48.5 Å². The highest BCUT2D eigenvalue weighted by Crippen LogP contribution is 2.16. The van der Waals surface area contributed by atoms with Gasteiger partial charge in [0, 0.05) is 12.6 Å². The Morgan fingerprint density at radius 3 is 2.10 bits per heavy atom. The number of ether oxygens (including phenoxy) is 1. The third-order valence-corrected chi connectivity index (χ3v) is 4.28. The minimum Gasteiger partial charge on any atom is -0.452 e. The Hall–Kier alpha value is -3.15. The first-order valence-electron chi connectivity index (χ1n) is 9.67. The van der Waals surface area contributed by atoms with Crippen molar-refractivity contribution in [2.24, 2.45) is 5.92 Å². The fraction of sp³-hybridized carbons (Fsp3) is 0.348. The van der Waals surface area contributed by atoms with Gasteiger partial charge in [-0.05, 0) is 54.7 Å². The van der Waals surface area contributed by atoms with Gasteiger partial charge in [-0.25, -0.2) is 4.79 Å². The van der Waals surface area contributed by atoms with Crippen LogP contribution < -0.4 is 10.6 Å². The maximum Gasteiger partial charge on any atom is 0.338 e. The molecule has 0 unspecified atom stereocenters. The van der Waals surface area contributed by atoms with E-state index in [0.29, 0.717) is 17.2 Å². The normalized spacial score (nSPS) is 11.6. The van der Waals surface area contributed by atoms with E-state index in [-0.39, 0.29) is 24.5 Å². The summed E-state index contributed by atoms with van der Waals surface area (Å²) in [5, 5.41) is 5.45. The molecule has 2 amide bonds. The van der Waals surface area contributed by atoms with E-state index in [1.165, 1.54) is 24.6 Å². The summed E-state index contributed by atoms with van der Waals surface area (Å²) in [5.74, 6) is -0.567. The monoisotopic (exact) mass is 396 g/mol. The van der Waals surface area contributed by atoms with Crippen molar-refractivity contribution in [1.82, 2.24) is 5.32 Å². The summed E-state index contributed by atoms with van der Waals surface area (Å²) in [6.45, 7) is 7.28. The topological polar surface area (TPSA) is 84.5 Å². The highest BCUT2D eigenvalue weighted by atomic mass is 16.5. The largest absolute Gasteiger partial charge is 0.452 e. The molecular formula is C23H28N2O4. The van der Waals surface area contributed by atoms with Crippen LogP contribution in [0.4, 0.5) is 5.69 Å². The second kappa shape index (κ2) is 10.4. The molecule has 0 saturated heterocycles. The molecule has 0 aliphatic heterocycles. The van der Waals surface area contributed by atoms with E-state index in [9.17, 15) is 14.4 Å². The Kier molecular flexibility index (Phi) is 7.95. The Morgan fingerprint density at radius 1 is 0.931 bits per heavy atom. The molecule has 0 radical (unpaired) electrons. The van der Waals surface area contributed by atoms with E-state index in [2.05, 4.69) is 36.6 Å². The Morgan fingerprint density at radius 2 is 1.55 bits per heavy atom. The van der Waals surface area contributed by atoms with Crippen molar-refractivity contribution in [2.75, 3.05) is 11.9 Å². The first-order chi connectivity index (χ1) is 13.7. The standard InChI is InChI=1S/C23H28N2O4/c1-15(2)13-18-5-7-19(8-6-18)16(3)24-22(27)14-29-23(28)20-9-11-21(12-10-20)25-17(4)26/h5-12,15-16H,13-14H2,1-4H3,(H,24,27)(H,25,26)/t16-/m1/s1. The molecule has 0 aromatic heterocycles. The van der Waals surface area contributed by atoms with Crippen molar-refractivity contribution >= 4 is 23.5 Å². The predicted molar refractivity (Wildman–Crippen MR) is 113 cm³/mol. The number of benzene rings is 2. The van der Waals surface area contributed by atoms with Gasteiger partial charge >= 0.3 is 5.97 Å². The van der Waals surface area contributed by atoms with Crippen molar-refractivity contribution in [3.63, 3.8) is 0 Å². The minimum atomic E-state index is -0.597. The van der Waals surface area contributed by atoms with Crippen LogP contribution >= 0.6 is 0 Å². The van der Waals surface area contributed by atoms with Gasteiger partial charge in [-0.15, -0.1) is 0 Å². The lowest BCUT2D eigenvalue weighted by molar-refractivity contribution is -0.124. The molecule has 2 rings (SSSR count).